The Balaban J connectivity index is 1.51. The van der Waals surface area contributed by atoms with Crippen molar-refractivity contribution in [3.05, 3.63) is 48.5 Å². The number of rotatable bonds is 7. The average molecular weight is 388 g/mol. The van der Waals surface area contributed by atoms with Gasteiger partial charge in [-0.1, -0.05) is 6.07 Å². The molecule has 7 heteroatoms. The summed E-state index contributed by atoms with van der Waals surface area (Å²) in [7, 11) is -3.24. The van der Waals surface area contributed by atoms with Crippen molar-refractivity contribution in [3.8, 4) is 5.75 Å². The van der Waals surface area contributed by atoms with Gasteiger partial charge in [0.2, 0.25) is 5.91 Å². The lowest BCUT2D eigenvalue weighted by Crippen LogP contribution is -2.21. The molecule has 1 amide bonds. The van der Waals surface area contributed by atoms with Crippen molar-refractivity contribution >= 4 is 27.1 Å². The maximum absolute atomic E-state index is 12.1. The van der Waals surface area contributed by atoms with Crippen molar-refractivity contribution in [3.63, 3.8) is 0 Å². The van der Waals surface area contributed by atoms with Crippen molar-refractivity contribution in [2.75, 3.05) is 23.4 Å². The number of anilines is 2. The topological polar surface area (TPSA) is 84.5 Å². The molecular formula is C20H24N2O4S. The third-order valence-corrected chi connectivity index (χ3v) is 5.59. The molecule has 3 rings (SSSR count). The van der Waals surface area contributed by atoms with Crippen LogP contribution in [-0.2, 0) is 14.6 Å². The second-order valence-electron chi connectivity index (χ2n) is 6.75. The van der Waals surface area contributed by atoms with Crippen LogP contribution in [0.25, 0.3) is 0 Å². The van der Waals surface area contributed by atoms with Crippen LogP contribution in [0, 0.1) is 0 Å². The van der Waals surface area contributed by atoms with Crippen molar-refractivity contribution in [1.29, 1.82) is 0 Å². The normalized spacial score (nSPS) is 14.7. The van der Waals surface area contributed by atoms with Gasteiger partial charge in [0.25, 0.3) is 0 Å². The minimum atomic E-state index is -3.24. The van der Waals surface area contributed by atoms with Gasteiger partial charge in [-0.25, -0.2) is 8.42 Å². The lowest BCUT2D eigenvalue weighted by Gasteiger charge is -2.14. The Morgan fingerprint density at radius 3 is 2.44 bits per heavy atom. The Labute approximate surface area is 159 Å². The van der Waals surface area contributed by atoms with E-state index in [0.29, 0.717) is 11.8 Å². The molecule has 1 aliphatic rings. The van der Waals surface area contributed by atoms with Gasteiger partial charge in [-0.3, -0.25) is 4.79 Å². The second-order valence-corrected chi connectivity index (χ2v) is 8.77. The predicted octanol–water partition coefficient (Wildman–Crippen LogP) is 3.46. The third-order valence-electron chi connectivity index (χ3n) is 4.46. The maximum atomic E-state index is 12.1. The minimum Gasteiger partial charge on any atom is -0.490 e. The van der Waals surface area contributed by atoms with Crippen molar-refractivity contribution in [2.45, 2.75) is 36.7 Å². The fraction of sp³-hybridized carbons (Fsp3) is 0.350. The summed E-state index contributed by atoms with van der Waals surface area (Å²) < 4.78 is 28.9. The molecule has 2 aromatic carbocycles. The van der Waals surface area contributed by atoms with Crippen molar-refractivity contribution in [1.82, 2.24) is 0 Å². The summed E-state index contributed by atoms with van der Waals surface area (Å²) >= 11 is 0. The van der Waals surface area contributed by atoms with E-state index in [2.05, 4.69) is 10.6 Å². The molecule has 1 saturated carbocycles. The van der Waals surface area contributed by atoms with Crippen LogP contribution in [0.15, 0.2) is 53.4 Å². The van der Waals surface area contributed by atoms with Crippen LogP contribution in [0.5, 0.6) is 5.75 Å². The number of benzene rings is 2. The van der Waals surface area contributed by atoms with Gasteiger partial charge in [0.15, 0.2) is 9.84 Å². The van der Waals surface area contributed by atoms with E-state index >= 15 is 0 Å². The number of hydrogen-bond acceptors (Lipinski definition) is 5. The molecule has 0 aromatic heterocycles. The lowest BCUT2D eigenvalue weighted by atomic mass is 10.2. The Kier molecular flexibility index (Phi) is 6.01. The minimum absolute atomic E-state index is 0.0979. The van der Waals surface area contributed by atoms with E-state index in [0.717, 1.165) is 30.5 Å². The summed E-state index contributed by atoms with van der Waals surface area (Å²) in [6, 6.07) is 13.7. The Morgan fingerprint density at radius 1 is 1.07 bits per heavy atom. The molecule has 0 saturated heterocycles. The number of hydrogen-bond donors (Lipinski definition) is 2. The number of sulfone groups is 1. The molecule has 6 nitrogen and oxygen atoms in total. The molecule has 0 heterocycles. The second kappa shape index (κ2) is 8.43. The summed E-state index contributed by atoms with van der Waals surface area (Å²) in [6.45, 7) is 0.0979. The van der Waals surface area contributed by atoms with Gasteiger partial charge in [-0.15, -0.1) is 0 Å². The zero-order valence-electron chi connectivity index (χ0n) is 15.3. The zero-order valence-corrected chi connectivity index (χ0v) is 16.1. The van der Waals surface area contributed by atoms with Crippen LogP contribution >= 0.6 is 0 Å². The molecule has 27 heavy (non-hydrogen) atoms. The van der Waals surface area contributed by atoms with Crippen LogP contribution in [0.1, 0.15) is 25.7 Å². The number of carbonyl (C=O) groups is 1. The number of carbonyl (C=O) groups excluding carboxylic acids is 1. The van der Waals surface area contributed by atoms with Crippen LogP contribution in [-0.4, -0.2) is 33.2 Å². The van der Waals surface area contributed by atoms with Crippen molar-refractivity contribution in [2.24, 2.45) is 0 Å². The van der Waals surface area contributed by atoms with Gasteiger partial charge >= 0.3 is 0 Å². The fourth-order valence-electron chi connectivity index (χ4n) is 3.05. The van der Waals surface area contributed by atoms with E-state index in [1.54, 1.807) is 12.1 Å². The summed E-state index contributed by atoms with van der Waals surface area (Å²) in [5, 5.41) is 5.81. The molecule has 1 aliphatic carbocycles. The molecule has 0 unspecified atom stereocenters. The largest absolute Gasteiger partial charge is 0.490 e. The quantitative estimate of drug-likeness (QED) is 0.759. The first-order valence-corrected chi connectivity index (χ1v) is 10.9. The highest BCUT2D eigenvalue weighted by atomic mass is 32.2. The van der Waals surface area contributed by atoms with Crippen molar-refractivity contribution < 1.29 is 17.9 Å². The Bertz CT molecular complexity index is 888. The molecule has 0 bridgehead atoms. The SMILES string of the molecule is CS(=O)(=O)c1ccc(NC(=O)CNc2cccc(OC3CCCC3)c2)cc1. The molecular weight excluding hydrogens is 364 g/mol. The smallest absolute Gasteiger partial charge is 0.243 e. The lowest BCUT2D eigenvalue weighted by molar-refractivity contribution is -0.114. The summed E-state index contributed by atoms with van der Waals surface area (Å²) in [5.74, 6) is 0.591. The molecule has 2 aromatic rings. The zero-order chi connectivity index (χ0) is 19.3. The molecule has 144 valence electrons. The molecule has 0 atom stereocenters. The van der Waals surface area contributed by atoms with E-state index in [-0.39, 0.29) is 17.3 Å². The van der Waals surface area contributed by atoms with E-state index < -0.39 is 9.84 Å². The summed E-state index contributed by atoms with van der Waals surface area (Å²) in [5.41, 5.74) is 1.36. The number of nitrogens with one attached hydrogen (secondary N) is 2. The monoisotopic (exact) mass is 388 g/mol. The fourth-order valence-corrected chi connectivity index (χ4v) is 3.68. The van der Waals surface area contributed by atoms with Gasteiger partial charge in [-0.2, -0.15) is 0 Å². The molecule has 2 N–H and O–H groups in total. The molecule has 0 radical (unpaired) electrons. The van der Waals surface area contributed by atoms with Gasteiger partial charge in [0.05, 0.1) is 17.5 Å². The first-order chi connectivity index (χ1) is 12.9. The van der Waals surface area contributed by atoms with Gasteiger partial charge in [-0.05, 0) is 62.1 Å². The Morgan fingerprint density at radius 2 is 1.78 bits per heavy atom. The highest BCUT2D eigenvalue weighted by Crippen LogP contribution is 2.25. The number of amides is 1. The first-order valence-electron chi connectivity index (χ1n) is 9.01. The molecule has 1 fully saturated rings. The highest BCUT2D eigenvalue weighted by molar-refractivity contribution is 7.90. The van der Waals surface area contributed by atoms with Crippen LogP contribution in [0.4, 0.5) is 11.4 Å². The van der Waals surface area contributed by atoms with Gasteiger partial charge < -0.3 is 15.4 Å². The van der Waals surface area contributed by atoms with Crippen LogP contribution < -0.4 is 15.4 Å². The summed E-state index contributed by atoms with van der Waals surface area (Å²) in [6.07, 6.45) is 6.06. The third kappa shape index (κ3) is 5.72. The molecule has 0 aliphatic heterocycles. The van der Waals surface area contributed by atoms with Gasteiger partial charge in [0.1, 0.15) is 5.75 Å². The van der Waals surface area contributed by atoms with E-state index in [9.17, 15) is 13.2 Å². The van der Waals surface area contributed by atoms with Gasteiger partial charge in [0, 0.05) is 23.7 Å². The van der Waals surface area contributed by atoms with Crippen LogP contribution in [0.3, 0.4) is 0 Å². The standard InChI is InChI=1S/C20H24N2O4S/c1-27(24,25)19-11-9-15(10-12-19)22-20(23)14-21-16-5-4-8-18(13-16)26-17-6-2-3-7-17/h4-5,8-13,17,21H,2-3,6-7,14H2,1H3,(H,22,23). The van der Waals surface area contributed by atoms with E-state index in [1.165, 1.54) is 25.0 Å². The summed E-state index contributed by atoms with van der Waals surface area (Å²) in [4.78, 5) is 12.3. The Hall–Kier alpha value is -2.54. The predicted molar refractivity (Wildman–Crippen MR) is 106 cm³/mol. The van der Waals surface area contributed by atoms with E-state index in [4.69, 9.17) is 4.74 Å². The number of ether oxygens (including phenoxy) is 1. The van der Waals surface area contributed by atoms with E-state index in [1.807, 2.05) is 24.3 Å². The highest BCUT2D eigenvalue weighted by Gasteiger charge is 2.16. The molecule has 0 spiro atoms. The van der Waals surface area contributed by atoms with Crippen LogP contribution in [0.2, 0.25) is 0 Å². The maximum Gasteiger partial charge on any atom is 0.243 e. The average Bonchev–Trinajstić information content (AvgIpc) is 3.13. The first kappa shape index (κ1) is 19.2.